The van der Waals surface area contributed by atoms with Crippen LogP contribution in [0.25, 0.3) is 22.4 Å². The first-order valence-corrected chi connectivity index (χ1v) is 5.26. The Hall–Kier alpha value is -1.87. The molecule has 0 aliphatic heterocycles. The Bertz CT molecular complexity index is 612. The summed E-state index contributed by atoms with van der Waals surface area (Å²) in [6, 6.07) is 9.64. The highest BCUT2D eigenvalue weighted by atomic mass is 35.5. The van der Waals surface area contributed by atoms with E-state index in [0.717, 1.165) is 27.4 Å². The summed E-state index contributed by atoms with van der Waals surface area (Å²) in [6.45, 7) is 0. The normalized spacial score (nSPS) is 10.8. The number of rotatable bonds is 1. The molecule has 0 atom stereocenters. The minimum absolute atomic E-state index is 0.720. The fourth-order valence-corrected chi connectivity index (χ4v) is 1.85. The topological polar surface area (TPSA) is 41.6 Å². The molecular formula is C12H8ClN3. The van der Waals surface area contributed by atoms with Crippen molar-refractivity contribution in [3.05, 3.63) is 47.7 Å². The molecule has 0 aliphatic carbocycles. The van der Waals surface area contributed by atoms with Gasteiger partial charge in [-0.2, -0.15) is 0 Å². The number of hydrogen-bond donors (Lipinski definition) is 1. The Kier molecular flexibility index (Phi) is 2.11. The number of benzene rings is 1. The van der Waals surface area contributed by atoms with E-state index in [2.05, 4.69) is 15.0 Å². The van der Waals surface area contributed by atoms with Crippen LogP contribution < -0.4 is 0 Å². The maximum absolute atomic E-state index is 5.95. The molecule has 0 saturated heterocycles. The van der Waals surface area contributed by atoms with Gasteiger partial charge in [0, 0.05) is 23.1 Å². The van der Waals surface area contributed by atoms with E-state index in [4.69, 9.17) is 11.6 Å². The van der Waals surface area contributed by atoms with Crippen LogP contribution in [-0.2, 0) is 0 Å². The van der Waals surface area contributed by atoms with Gasteiger partial charge in [-0.3, -0.25) is 4.98 Å². The van der Waals surface area contributed by atoms with Crippen LogP contribution in [0.1, 0.15) is 0 Å². The Morgan fingerprint density at radius 1 is 1.06 bits per heavy atom. The molecule has 0 saturated carbocycles. The number of aromatic nitrogens is 3. The molecule has 0 aliphatic rings. The van der Waals surface area contributed by atoms with Crippen LogP contribution in [0.2, 0.25) is 5.02 Å². The van der Waals surface area contributed by atoms with Crippen molar-refractivity contribution in [1.82, 2.24) is 15.0 Å². The minimum atomic E-state index is 0.720. The van der Waals surface area contributed by atoms with Gasteiger partial charge in [-0.1, -0.05) is 23.7 Å². The molecule has 0 unspecified atom stereocenters. The van der Waals surface area contributed by atoms with Crippen LogP contribution in [0.5, 0.6) is 0 Å². The maximum Gasteiger partial charge on any atom is 0.156 e. The predicted molar refractivity (Wildman–Crippen MR) is 64.3 cm³/mol. The third-order valence-corrected chi connectivity index (χ3v) is 2.63. The molecule has 78 valence electrons. The predicted octanol–water partition coefficient (Wildman–Crippen LogP) is 3.28. The lowest BCUT2D eigenvalue weighted by atomic mass is 10.1. The fraction of sp³-hybridized carbons (Fsp3) is 0. The van der Waals surface area contributed by atoms with E-state index in [1.54, 1.807) is 12.4 Å². The van der Waals surface area contributed by atoms with Crippen LogP contribution in [0.15, 0.2) is 42.7 Å². The van der Waals surface area contributed by atoms with Gasteiger partial charge in [-0.15, -0.1) is 0 Å². The Morgan fingerprint density at radius 2 is 1.94 bits per heavy atom. The van der Waals surface area contributed by atoms with Crippen molar-refractivity contribution in [2.24, 2.45) is 0 Å². The van der Waals surface area contributed by atoms with Gasteiger partial charge in [-0.25, -0.2) is 4.98 Å². The monoisotopic (exact) mass is 229 g/mol. The highest BCUT2D eigenvalue weighted by molar-refractivity contribution is 6.30. The van der Waals surface area contributed by atoms with E-state index in [1.807, 2.05) is 30.3 Å². The minimum Gasteiger partial charge on any atom is -0.338 e. The van der Waals surface area contributed by atoms with Gasteiger partial charge in [0.05, 0.1) is 0 Å². The zero-order valence-electron chi connectivity index (χ0n) is 8.31. The van der Waals surface area contributed by atoms with E-state index in [9.17, 15) is 0 Å². The summed E-state index contributed by atoms with van der Waals surface area (Å²) in [5, 5.41) is 0.720. The van der Waals surface area contributed by atoms with Gasteiger partial charge in [0.1, 0.15) is 5.52 Å². The molecule has 0 spiro atoms. The number of nitrogens with one attached hydrogen (secondary N) is 1. The average molecular weight is 230 g/mol. The standard InChI is InChI=1S/C12H8ClN3/c13-9-3-1-2-8(6-9)10-7-11-12(16-10)15-5-4-14-11/h1-7H,(H,15,16). The van der Waals surface area contributed by atoms with Crippen molar-refractivity contribution in [1.29, 1.82) is 0 Å². The molecular weight excluding hydrogens is 222 g/mol. The second-order valence-corrected chi connectivity index (χ2v) is 3.92. The van der Waals surface area contributed by atoms with E-state index in [1.165, 1.54) is 0 Å². The van der Waals surface area contributed by atoms with Crippen LogP contribution in [-0.4, -0.2) is 15.0 Å². The summed E-state index contributed by atoms with van der Waals surface area (Å²) in [5.41, 5.74) is 3.66. The summed E-state index contributed by atoms with van der Waals surface area (Å²) in [7, 11) is 0. The Balaban J connectivity index is 2.19. The lowest BCUT2D eigenvalue weighted by Gasteiger charge is -1.97. The summed E-state index contributed by atoms with van der Waals surface area (Å²) in [4.78, 5) is 11.6. The second-order valence-electron chi connectivity index (χ2n) is 3.48. The third-order valence-electron chi connectivity index (χ3n) is 2.40. The van der Waals surface area contributed by atoms with Crippen LogP contribution >= 0.6 is 11.6 Å². The van der Waals surface area contributed by atoms with Gasteiger partial charge >= 0.3 is 0 Å². The zero-order chi connectivity index (χ0) is 11.0. The number of halogens is 1. The molecule has 4 heteroatoms. The number of hydrogen-bond acceptors (Lipinski definition) is 2. The van der Waals surface area contributed by atoms with Crippen LogP contribution in [0, 0.1) is 0 Å². The summed E-state index contributed by atoms with van der Waals surface area (Å²) >= 11 is 5.95. The molecule has 3 rings (SSSR count). The molecule has 3 nitrogen and oxygen atoms in total. The summed E-state index contributed by atoms with van der Waals surface area (Å²) in [5.74, 6) is 0. The first-order chi connectivity index (χ1) is 7.83. The van der Waals surface area contributed by atoms with Crippen molar-refractivity contribution >= 4 is 22.8 Å². The van der Waals surface area contributed by atoms with Crippen LogP contribution in [0.4, 0.5) is 0 Å². The van der Waals surface area contributed by atoms with Crippen molar-refractivity contribution in [3.8, 4) is 11.3 Å². The van der Waals surface area contributed by atoms with Crippen molar-refractivity contribution < 1.29 is 0 Å². The fourth-order valence-electron chi connectivity index (χ4n) is 1.66. The molecule has 0 fully saturated rings. The molecule has 2 heterocycles. The van der Waals surface area contributed by atoms with Gasteiger partial charge in [0.2, 0.25) is 0 Å². The lowest BCUT2D eigenvalue weighted by Crippen LogP contribution is -1.78. The van der Waals surface area contributed by atoms with E-state index < -0.39 is 0 Å². The van der Waals surface area contributed by atoms with Gasteiger partial charge < -0.3 is 4.98 Å². The average Bonchev–Trinajstić information content (AvgIpc) is 2.72. The first-order valence-electron chi connectivity index (χ1n) is 4.88. The lowest BCUT2D eigenvalue weighted by molar-refractivity contribution is 1.26. The van der Waals surface area contributed by atoms with Gasteiger partial charge in [0.15, 0.2) is 5.65 Å². The molecule has 0 amide bonds. The third kappa shape index (κ3) is 1.55. The molecule has 1 aromatic carbocycles. The highest BCUT2D eigenvalue weighted by Gasteiger charge is 2.04. The molecule has 1 N–H and O–H groups in total. The van der Waals surface area contributed by atoms with E-state index >= 15 is 0 Å². The molecule has 3 aromatic rings. The van der Waals surface area contributed by atoms with Crippen molar-refractivity contribution in [2.45, 2.75) is 0 Å². The van der Waals surface area contributed by atoms with Gasteiger partial charge in [0.25, 0.3) is 0 Å². The van der Waals surface area contributed by atoms with Crippen molar-refractivity contribution in [3.63, 3.8) is 0 Å². The maximum atomic E-state index is 5.95. The molecule has 2 aromatic heterocycles. The quantitative estimate of drug-likeness (QED) is 0.696. The second kappa shape index (κ2) is 3.61. The Morgan fingerprint density at radius 3 is 2.75 bits per heavy atom. The molecule has 0 radical (unpaired) electrons. The summed E-state index contributed by atoms with van der Waals surface area (Å²) in [6.07, 6.45) is 3.35. The highest BCUT2D eigenvalue weighted by Crippen LogP contribution is 2.24. The number of fused-ring (bicyclic) bond motifs is 1. The van der Waals surface area contributed by atoms with E-state index in [-0.39, 0.29) is 0 Å². The number of H-pyrrole nitrogens is 1. The molecule has 0 bridgehead atoms. The Labute approximate surface area is 97.1 Å². The first kappa shape index (κ1) is 9.36. The zero-order valence-corrected chi connectivity index (χ0v) is 9.07. The summed E-state index contributed by atoms with van der Waals surface area (Å²) < 4.78 is 0. The largest absolute Gasteiger partial charge is 0.338 e. The van der Waals surface area contributed by atoms with E-state index in [0.29, 0.717) is 0 Å². The van der Waals surface area contributed by atoms with Crippen LogP contribution in [0.3, 0.4) is 0 Å². The number of nitrogens with zero attached hydrogens (tertiary/aromatic N) is 2. The SMILES string of the molecule is Clc1cccc(-c2cc3nccnc3[nH]2)c1. The van der Waals surface area contributed by atoms with Crippen molar-refractivity contribution in [2.75, 3.05) is 0 Å². The van der Waals surface area contributed by atoms with Gasteiger partial charge in [-0.05, 0) is 23.8 Å². The number of aromatic amines is 1. The molecule has 16 heavy (non-hydrogen) atoms. The smallest absolute Gasteiger partial charge is 0.156 e.